The number of anilines is 3. The van der Waals surface area contributed by atoms with Crippen molar-refractivity contribution in [1.82, 2.24) is 9.97 Å². The van der Waals surface area contributed by atoms with Gasteiger partial charge < -0.3 is 19.9 Å². The largest absolute Gasteiger partial charge is 0.378 e. The zero-order valence-corrected chi connectivity index (χ0v) is 14.7. The number of hydrogen-bond acceptors (Lipinski definition) is 6. The second-order valence-electron chi connectivity index (χ2n) is 6.56. The summed E-state index contributed by atoms with van der Waals surface area (Å²) in [6.45, 7) is 5.27. The molecule has 0 unspecified atom stereocenters. The Labute approximate surface area is 153 Å². The van der Waals surface area contributed by atoms with E-state index in [4.69, 9.17) is 4.74 Å². The number of benzene rings is 1. The van der Waals surface area contributed by atoms with Crippen LogP contribution < -0.4 is 15.1 Å². The topological polar surface area (TPSA) is 70.6 Å². The van der Waals surface area contributed by atoms with Crippen LogP contribution in [0.2, 0.25) is 0 Å². The summed E-state index contributed by atoms with van der Waals surface area (Å²) in [5.74, 6) is 0.609. The first-order chi connectivity index (χ1) is 12.8. The molecule has 2 aromatic rings. The van der Waals surface area contributed by atoms with Gasteiger partial charge in [0.25, 0.3) is 5.91 Å². The second-order valence-corrected chi connectivity index (χ2v) is 6.56. The average molecular weight is 353 g/mol. The number of ether oxygens (including phenoxy) is 1. The van der Waals surface area contributed by atoms with E-state index in [1.54, 1.807) is 6.07 Å². The van der Waals surface area contributed by atoms with Crippen LogP contribution in [0.3, 0.4) is 0 Å². The van der Waals surface area contributed by atoms with Gasteiger partial charge in [-0.05, 0) is 37.1 Å². The summed E-state index contributed by atoms with van der Waals surface area (Å²) < 4.78 is 5.38. The molecule has 0 bridgehead atoms. The summed E-state index contributed by atoms with van der Waals surface area (Å²) in [6, 6.07) is 9.66. The number of hydrogen-bond donors (Lipinski definition) is 1. The third kappa shape index (κ3) is 3.77. The van der Waals surface area contributed by atoms with Gasteiger partial charge in [0.1, 0.15) is 17.8 Å². The first kappa shape index (κ1) is 16.8. The summed E-state index contributed by atoms with van der Waals surface area (Å²) in [4.78, 5) is 25.4. The zero-order chi connectivity index (χ0) is 17.8. The van der Waals surface area contributed by atoms with Crippen LogP contribution in [0.4, 0.5) is 17.2 Å². The standard InChI is InChI=1S/C19H23N5O2/c25-19(17-13-18(21-14-20-17)24-7-1-2-8-24)22-15-3-5-16(6-4-15)23-9-11-26-12-10-23/h3-6,13-14H,1-2,7-12H2,(H,22,25). The average Bonchev–Trinajstić information content (AvgIpc) is 3.24. The van der Waals surface area contributed by atoms with E-state index >= 15 is 0 Å². The van der Waals surface area contributed by atoms with E-state index < -0.39 is 0 Å². The Morgan fingerprint density at radius 2 is 1.69 bits per heavy atom. The van der Waals surface area contributed by atoms with E-state index in [1.165, 1.54) is 19.2 Å². The van der Waals surface area contributed by atoms with E-state index in [-0.39, 0.29) is 5.91 Å². The fourth-order valence-corrected chi connectivity index (χ4v) is 3.36. The van der Waals surface area contributed by atoms with Crippen molar-refractivity contribution >= 4 is 23.1 Å². The Kier molecular flexibility index (Phi) is 4.97. The highest BCUT2D eigenvalue weighted by molar-refractivity contribution is 6.03. The Balaban J connectivity index is 1.42. The lowest BCUT2D eigenvalue weighted by atomic mass is 10.2. The lowest BCUT2D eigenvalue weighted by molar-refractivity contribution is 0.102. The number of morpholine rings is 1. The molecule has 2 aliphatic rings. The quantitative estimate of drug-likeness (QED) is 0.908. The molecule has 0 atom stereocenters. The molecule has 4 rings (SSSR count). The maximum absolute atomic E-state index is 12.5. The molecule has 7 nitrogen and oxygen atoms in total. The molecule has 1 aromatic carbocycles. The molecule has 1 N–H and O–H groups in total. The summed E-state index contributed by atoms with van der Waals surface area (Å²) in [7, 11) is 0. The van der Waals surface area contributed by atoms with Crippen molar-refractivity contribution < 1.29 is 9.53 Å². The third-order valence-corrected chi connectivity index (χ3v) is 4.82. The molecule has 0 spiro atoms. The number of amides is 1. The SMILES string of the molecule is O=C(Nc1ccc(N2CCOCC2)cc1)c1cc(N2CCCC2)ncn1. The molecule has 0 saturated carbocycles. The van der Waals surface area contributed by atoms with Gasteiger partial charge >= 0.3 is 0 Å². The van der Waals surface area contributed by atoms with E-state index in [9.17, 15) is 4.79 Å². The number of aromatic nitrogens is 2. The van der Waals surface area contributed by atoms with Crippen LogP contribution in [0, 0.1) is 0 Å². The molecule has 7 heteroatoms. The third-order valence-electron chi connectivity index (χ3n) is 4.82. The summed E-state index contributed by atoms with van der Waals surface area (Å²) >= 11 is 0. The fraction of sp³-hybridized carbons (Fsp3) is 0.421. The second kappa shape index (κ2) is 7.70. The van der Waals surface area contributed by atoms with Gasteiger partial charge in [-0.1, -0.05) is 0 Å². The molecular formula is C19H23N5O2. The molecule has 0 radical (unpaired) electrons. The highest BCUT2D eigenvalue weighted by atomic mass is 16.5. The van der Waals surface area contributed by atoms with E-state index in [2.05, 4.69) is 25.1 Å². The van der Waals surface area contributed by atoms with Crippen molar-refractivity contribution in [2.75, 3.05) is 54.5 Å². The minimum atomic E-state index is -0.216. The lowest BCUT2D eigenvalue weighted by Crippen LogP contribution is -2.36. The monoisotopic (exact) mass is 353 g/mol. The van der Waals surface area contributed by atoms with Crippen LogP contribution in [-0.4, -0.2) is 55.3 Å². The minimum absolute atomic E-state index is 0.216. The predicted octanol–water partition coefficient (Wildman–Crippen LogP) is 2.17. The summed E-state index contributed by atoms with van der Waals surface area (Å²) in [6.07, 6.45) is 3.80. The predicted molar refractivity (Wildman–Crippen MR) is 101 cm³/mol. The van der Waals surface area contributed by atoms with E-state index in [0.29, 0.717) is 5.69 Å². The zero-order valence-electron chi connectivity index (χ0n) is 14.7. The van der Waals surface area contributed by atoms with Crippen molar-refractivity contribution in [2.24, 2.45) is 0 Å². The van der Waals surface area contributed by atoms with Crippen molar-refractivity contribution in [1.29, 1.82) is 0 Å². The molecule has 136 valence electrons. The molecule has 2 aliphatic heterocycles. The van der Waals surface area contributed by atoms with Crippen LogP contribution in [0.5, 0.6) is 0 Å². The first-order valence-electron chi connectivity index (χ1n) is 9.11. The van der Waals surface area contributed by atoms with Crippen LogP contribution >= 0.6 is 0 Å². The normalized spacial score (nSPS) is 17.4. The number of rotatable bonds is 4. The Bertz CT molecular complexity index is 753. The Morgan fingerprint density at radius 3 is 2.42 bits per heavy atom. The van der Waals surface area contributed by atoms with Gasteiger partial charge in [-0.25, -0.2) is 9.97 Å². The van der Waals surface area contributed by atoms with Gasteiger partial charge in [0, 0.05) is 43.6 Å². The van der Waals surface area contributed by atoms with Crippen molar-refractivity contribution in [3.63, 3.8) is 0 Å². The van der Waals surface area contributed by atoms with Gasteiger partial charge in [0.05, 0.1) is 13.2 Å². The Morgan fingerprint density at radius 1 is 0.962 bits per heavy atom. The minimum Gasteiger partial charge on any atom is -0.378 e. The summed E-state index contributed by atoms with van der Waals surface area (Å²) in [5.41, 5.74) is 2.29. The van der Waals surface area contributed by atoms with Crippen LogP contribution in [0.1, 0.15) is 23.3 Å². The van der Waals surface area contributed by atoms with Crippen molar-refractivity contribution in [3.8, 4) is 0 Å². The number of carbonyl (C=O) groups is 1. The Hall–Kier alpha value is -2.67. The van der Waals surface area contributed by atoms with Gasteiger partial charge in [-0.15, -0.1) is 0 Å². The van der Waals surface area contributed by atoms with Gasteiger partial charge in [0.15, 0.2) is 0 Å². The lowest BCUT2D eigenvalue weighted by Gasteiger charge is -2.28. The van der Waals surface area contributed by atoms with Gasteiger partial charge in [-0.2, -0.15) is 0 Å². The van der Waals surface area contributed by atoms with E-state index in [1.807, 2.05) is 24.3 Å². The molecule has 0 aliphatic carbocycles. The maximum atomic E-state index is 12.5. The highest BCUT2D eigenvalue weighted by Crippen LogP contribution is 2.20. The van der Waals surface area contributed by atoms with Gasteiger partial charge in [-0.3, -0.25) is 4.79 Å². The number of nitrogens with one attached hydrogen (secondary N) is 1. The first-order valence-corrected chi connectivity index (χ1v) is 9.11. The highest BCUT2D eigenvalue weighted by Gasteiger charge is 2.16. The van der Waals surface area contributed by atoms with E-state index in [0.717, 1.165) is 56.6 Å². The molecule has 2 saturated heterocycles. The fourth-order valence-electron chi connectivity index (χ4n) is 3.36. The number of carbonyl (C=O) groups excluding carboxylic acids is 1. The summed E-state index contributed by atoms with van der Waals surface area (Å²) in [5, 5.41) is 2.92. The van der Waals surface area contributed by atoms with Crippen LogP contribution in [0.25, 0.3) is 0 Å². The number of nitrogens with zero attached hydrogens (tertiary/aromatic N) is 4. The molecule has 1 amide bonds. The molecule has 2 fully saturated rings. The van der Waals surface area contributed by atoms with Crippen LogP contribution in [0.15, 0.2) is 36.7 Å². The van der Waals surface area contributed by atoms with Crippen LogP contribution in [-0.2, 0) is 4.74 Å². The van der Waals surface area contributed by atoms with Crippen molar-refractivity contribution in [2.45, 2.75) is 12.8 Å². The smallest absolute Gasteiger partial charge is 0.274 e. The molecule has 1 aromatic heterocycles. The molecular weight excluding hydrogens is 330 g/mol. The van der Waals surface area contributed by atoms with Gasteiger partial charge in [0.2, 0.25) is 0 Å². The molecule has 26 heavy (non-hydrogen) atoms. The van der Waals surface area contributed by atoms with Crippen molar-refractivity contribution in [3.05, 3.63) is 42.4 Å². The maximum Gasteiger partial charge on any atom is 0.274 e. The molecule has 3 heterocycles.